The molecule has 104 valence electrons. The van der Waals surface area contributed by atoms with Crippen molar-refractivity contribution in [3.8, 4) is 0 Å². The summed E-state index contributed by atoms with van der Waals surface area (Å²) in [6, 6.07) is 8.44. The number of hydrogen-bond acceptors (Lipinski definition) is 3. The number of nitrogens with one attached hydrogen (secondary N) is 2. The van der Waals surface area contributed by atoms with Gasteiger partial charge in [-0.15, -0.1) is 0 Å². The van der Waals surface area contributed by atoms with Gasteiger partial charge in [-0.3, -0.25) is 4.79 Å². The smallest absolute Gasteiger partial charge is 0.239 e. The lowest BCUT2D eigenvalue weighted by atomic mass is 10.1. The zero-order valence-corrected chi connectivity index (χ0v) is 11.4. The summed E-state index contributed by atoms with van der Waals surface area (Å²) in [5, 5.41) is 6.20. The Morgan fingerprint density at radius 1 is 1.37 bits per heavy atom. The summed E-state index contributed by atoms with van der Waals surface area (Å²) in [5.41, 5.74) is 2.27. The van der Waals surface area contributed by atoms with Gasteiger partial charge in [0, 0.05) is 24.9 Å². The summed E-state index contributed by atoms with van der Waals surface area (Å²) in [5.74, 6) is 0.0498. The third-order valence-electron chi connectivity index (χ3n) is 3.37. The van der Waals surface area contributed by atoms with Gasteiger partial charge in [-0.05, 0) is 37.0 Å². The average molecular weight is 262 g/mol. The van der Waals surface area contributed by atoms with Gasteiger partial charge in [0.15, 0.2) is 0 Å². The molecule has 1 heterocycles. The van der Waals surface area contributed by atoms with Crippen LogP contribution in [-0.4, -0.2) is 31.7 Å². The maximum Gasteiger partial charge on any atom is 0.239 e. The highest BCUT2D eigenvalue weighted by Gasteiger charge is 2.15. The standard InChI is InChI=1S/C15H22N2O2/c1-2-12-4-3-5-14(10-12)16-11-15(18)17-13-6-8-19-9-7-13/h3-5,10,13,16H,2,6-9,11H2,1H3,(H,17,18). The number of benzene rings is 1. The number of anilines is 1. The van der Waals surface area contributed by atoms with Crippen molar-refractivity contribution < 1.29 is 9.53 Å². The monoisotopic (exact) mass is 262 g/mol. The van der Waals surface area contributed by atoms with Gasteiger partial charge in [0.1, 0.15) is 0 Å². The molecule has 19 heavy (non-hydrogen) atoms. The van der Waals surface area contributed by atoms with E-state index in [1.165, 1.54) is 5.56 Å². The molecule has 1 aliphatic heterocycles. The van der Waals surface area contributed by atoms with Crippen molar-refractivity contribution in [1.82, 2.24) is 5.32 Å². The number of hydrogen-bond donors (Lipinski definition) is 2. The van der Waals surface area contributed by atoms with Gasteiger partial charge in [0.2, 0.25) is 5.91 Å². The Morgan fingerprint density at radius 2 is 2.16 bits per heavy atom. The molecule has 4 nitrogen and oxygen atoms in total. The maximum absolute atomic E-state index is 11.8. The molecular formula is C15H22N2O2. The first-order chi connectivity index (χ1) is 9.28. The van der Waals surface area contributed by atoms with E-state index >= 15 is 0 Å². The number of rotatable bonds is 5. The van der Waals surface area contributed by atoms with Gasteiger partial charge in [0.05, 0.1) is 6.54 Å². The molecule has 1 aromatic carbocycles. The molecule has 0 bridgehead atoms. The Kier molecular flexibility index (Phi) is 5.21. The van der Waals surface area contributed by atoms with Crippen LogP contribution in [0.2, 0.25) is 0 Å². The van der Waals surface area contributed by atoms with Crippen LogP contribution in [0.15, 0.2) is 24.3 Å². The molecule has 0 radical (unpaired) electrons. The summed E-state index contributed by atoms with van der Waals surface area (Å²) in [6.45, 7) is 3.94. The zero-order valence-electron chi connectivity index (χ0n) is 11.4. The zero-order chi connectivity index (χ0) is 13.5. The Morgan fingerprint density at radius 3 is 2.89 bits per heavy atom. The van der Waals surface area contributed by atoms with E-state index in [1.54, 1.807) is 0 Å². The van der Waals surface area contributed by atoms with E-state index < -0.39 is 0 Å². The highest BCUT2D eigenvalue weighted by atomic mass is 16.5. The van der Waals surface area contributed by atoms with Crippen LogP contribution in [0, 0.1) is 0 Å². The lowest BCUT2D eigenvalue weighted by molar-refractivity contribution is -0.120. The highest BCUT2D eigenvalue weighted by Crippen LogP contribution is 2.11. The predicted octanol–water partition coefficient (Wildman–Crippen LogP) is 1.96. The van der Waals surface area contributed by atoms with Gasteiger partial charge < -0.3 is 15.4 Å². The summed E-state index contributed by atoms with van der Waals surface area (Å²) >= 11 is 0. The maximum atomic E-state index is 11.8. The Labute approximate surface area is 114 Å². The number of aryl methyl sites for hydroxylation is 1. The number of ether oxygens (including phenoxy) is 1. The van der Waals surface area contributed by atoms with Crippen molar-refractivity contribution in [2.24, 2.45) is 0 Å². The van der Waals surface area contributed by atoms with Crippen molar-refractivity contribution in [2.75, 3.05) is 25.1 Å². The van der Waals surface area contributed by atoms with Gasteiger partial charge in [-0.25, -0.2) is 0 Å². The Balaban J connectivity index is 1.76. The Hall–Kier alpha value is -1.55. The van der Waals surface area contributed by atoms with E-state index in [1.807, 2.05) is 12.1 Å². The quantitative estimate of drug-likeness (QED) is 0.853. The second kappa shape index (κ2) is 7.14. The molecule has 0 unspecified atom stereocenters. The fourth-order valence-electron chi connectivity index (χ4n) is 2.20. The number of carbonyl (C=O) groups excluding carboxylic acids is 1. The van der Waals surface area contributed by atoms with E-state index in [0.29, 0.717) is 6.54 Å². The van der Waals surface area contributed by atoms with Crippen LogP contribution >= 0.6 is 0 Å². The molecule has 0 aromatic heterocycles. The molecule has 2 N–H and O–H groups in total. The van der Waals surface area contributed by atoms with E-state index in [0.717, 1.165) is 38.2 Å². The second-order valence-corrected chi connectivity index (χ2v) is 4.86. The molecule has 2 rings (SSSR count). The summed E-state index contributed by atoms with van der Waals surface area (Å²) in [6.07, 6.45) is 2.83. The molecule has 1 amide bonds. The van der Waals surface area contributed by atoms with E-state index in [-0.39, 0.29) is 11.9 Å². The topological polar surface area (TPSA) is 50.4 Å². The SMILES string of the molecule is CCc1cccc(NCC(=O)NC2CCOCC2)c1. The molecule has 0 atom stereocenters. The average Bonchev–Trinajstić information content (AvgIpc) is 2.46. The van der Waals surface area contributed by atoms with Crippen LogP contribution in [0.25, 0.3) is 0 Å². The van der Waals surface area contributed by atoms with Crippen molar-refractivity contribution in [1.29, 1.82) is 0 Å². The molecule has 1 saturated heterocycles. The van der Waals surface area contributed by atoms with E-state index in [4.69, 9.17) is 4.74 Å². The fraction of sp³-hybridized carbons (Fsp3) is 0.533. The third-order valence-corrected chi connectivity index (χ3v) is 3.37. The van der Waals surface area contributed by atoms with Crippen LogP contribution in [0.3, 0.4) is 0 Å². The normalized spacial score (nSPS) is 16.1. The highest BCUT2D eigenvalue weighted by molar-refractivity contribution is 5.81. The minimum atomic E-state index is 0.0498. The molecule has 1 aromatic rings. The lowest BCUT2D eigenvalue weighted by Crippen LogP contribution is -2.41. The first-order valence-electron chi connectivity index (χ1n) is 6.98. The first kappa shape index (κ1) is 13.9. The Bertz CT molecular complexity index is 414. The van der Waals surface area contributed by atoms with Crippen molar-refractivity contribution in [2.45, 2.75) is 32.2 Å². The van der Waals surface area contributed by atoms with Crippen LogP contribution < -0.4 is 10.6 Å². The van der Waals surface area contributed by atoms with Crippen LogP contribution in [-0.2, 0) is 16.0 Å². The van der Waals surface area contributed by atoms with Gasteiger partial charge >= 0.3 is 0 Å². The number of amides is 1. The van der Waals surface area contributed by atoms with Crippen molar-refractivity contribution >= 4 is 11.6 Å². The largest absolute Gasteiger partial charge is 0.381 e. The predicted molar refractivity (Wildman–Crippen MR) is 76.3 cm³/mol. The van der Waals surface area contributed by atoms with Gasteiger partial charge in [0.25, 0.3) is 0 Å². The fourth-order valence-corrected chi connectivity index (χ4v) is 2.20. The van der Waals surface area contributed by atoms with Gasteiger partial charge in [-0.1, -0.05) is 19.1 Å². The van der Waals surface area contributed by atoms with Crippen LogP contribution in [0.4, 0.5) is 5.69 Å². The summed E-state index contributed by atoms with van der Waals surface area (Å²) in [4.78, 5) is 11.8. The second-order valence-electron chi connectivity index (χ2n) is 4.86. The molecule has 4 heteroatoms. The van der Waals surface area contributed by atoms with Crippen molar-refractivity contribution in [3.05, 3.63) is 29.8 Å². The summed E-state index contributed by atoms with van der Waals surface area (Å²) < 4.78 is 5.27. The van der Waals surface area contributed by atoms with Crippen LogP contribution in [0.5, 0.6) is 0 Å². The molecule has 1 aliphatic rings. The third kappa shape index (κ3) is 4.56. The summed E-state index contributed by atoms with van der Waals surface area (Å²) in [7, 11) is 0. The van der Waals surface area contributed by atoms with E-state index in [2.05, 4.69) is 29.7 Å². The molecule has 0 spiro atoms. The molecule has 1 fully saturated rings. The molecule has 0 aliphatic carbocycles. The molecule has 0 saturated carbocycles. The van der Waals surface area contributed by atoms with Crippen molar-refractivity contribution in [3.63, 3.8) is 0 Å². The lowest BCUT2D eigenvalue weighted by Gasteiger charge is -2.23. The van der Waals surface area contributed by atoms with Crippen LogP contribution in [0.1, 0.15) is 25.3 Å². The molecular weight excluding hydrogens is 240 g/mol. The first-order valence-corrected chi connectivity index (χ1v) is 6.98. The van der Waals surface area contributed by atoms with E-state index in [9.17, 15) is 4.79 Å². The minimum Gasteiger partial charge on any atom is -0.381 e. The van der Waals surface area contributed by atoms with Gasteiger partial charge in [-0.2, -0.15) is 0 Å². The minimum absolute atomic E-state index is 0.0498. The number of carbonyl (C=O) groups is 1.